The van der Waals surface area contributed by atoms with E-state index in [-0.39, 0.29) is 18.0 Å². The molecule has 1 fully saturated rings. The molecular weight excluding hydrogens is 502 g/mol. The molecule has 3 heterocycles. The monoisotopic (exact) mass is 537 g/mol. The van der Waals surface area contributed by atoms with Gasteiger partial charge in [-0.1, -0.05) is 29.8 Å². The number of hydrogen-bond acceptors (Lipinski definition) is 3. The van der Waals surface area contributed by atoms with Gasteiger partial charge in [0.1, 0.15) is 0 Å². The lowest BCUT2D eigenvalue weighted by molar-refractivity contribution is -0.116. The summed E-state index contributed by atoms with van der Waals surface area (Å²) in [6, 6.07) is 22.4. The summed E-state index contributed by atoms with van der Waals surface area (Å²) < 4.78 is 2.31. The van der Waals surface area contributed by atoms with Crippen LogP contribution in [-0.4, -0.2) is 32.0 Å². The molecule has 4 aromatic rings. The molecule has 2 aromatic carbocycles. The van der Waals surface area contributed by atoms with Crippen LogP contribution in [-0.2, 0) is 4.79 Å². The highest BCUT2D eigenvalue weighted by Gasteiger charge is 2.41. The zero-order chi connectivity index (χ0) is 27.7. The molecule has 5 rings (SSSR count). The number of nitrogens with one attached hydrogen (secondary N) is 2. The number of anilines is 1. The number of aryl methyl sites for hydroxylation is 4. The van der Waals surface area contributed by atoms with Gasteiger partial charge in [0.25, 0.3) is 0 Å². The van der Waals surface area contributed by atoms with Crippen LogP contribution in [0, 0.1) is 34.6 Å². The molecule has 2 atom stereocenters. The lowest BCUT2D eigenvalue weighted by atomic mass is 9.96. The second kappa shape index (κ2) is 11.0. The van der Waals surface area contributed by atoms with Crippen molar-refractivity contribution in [3.8, 4) is 5.69 Å². The quantitative estimate of drug-likeness (QED) is 0.267. The first kappa shape index (κ1) is 26.6. The molecule has 0 unspecified atom stereocenters. The number of aromatic nitrogens is 2. The van der Waals surface area contributed by atoms with E-state index in [0.717, 1.165) is 34.0 Å². The Kier molecular flexibility index (Phi) is 7.53. The van der Waals surface area contributed by atoms with Crippen LogP contribution in [0.15, 0.2) is 72.9 Å². The smallest absolute Gasteiger partial charge is 0.226 e. The predicted molar refractivity (Wildman–Crippen MR) is 161 cm³/mol. The highest BCUT2D eigenvalue weighted by atomic mass is 32.1. The fraction of sp³-hybridized carbons (Fsp3) is 0.281. The second-order valence-corrected chi connectivity index (χ2v) is 10.9. The SMILES string of the molecule is Cc1ccc(NC(=O)CCN2C(=S)N[C@H](c3ccccn3)[C@@H]2c2cc(C)n(-c3cc(C)cc(C)c3)c2C)cc1. The zero-order valence-corrected chi connectivity index (χ0v) is 24.0. The topological polar surface area (TPSA) is 62.2 Å². The molecule has 2 aromatic heterocycles. The van der Waals surface area contributed by atoms with Crippen molar-refractivity contribution in [2.75, 3.05) is 11.9 Å². The van der Waals surface area contributed by atoms with E-state index in [1.54, 1.807) is 0 Å². The molecule has 1 aliphatic heterocycles. The Morgan fingerprint density at radius 3 is 2.33 bits per heavy atom. The molecule has 0 radical (unpaired) electrons. The molecule has 2 N–H and O–H groups in total. The number of nitrogens with zero attached hydrogens (tertiary/aromatic N) is 3. The van der Waals surface area contributed by atoms with Gasteiger partial charge in [0.15, 0.2) is 5.11 Å². The lowest BCUT2D eigenvalue weighted by Crippen LogP contribution is -2.32. The van der Waals surface area contributed by atoms with Gasteiger partial charge >= 0.3 is 0 Å². The summed E-state index contributed by atoms with van der Waals surface area (Å²) in [6.07, 6.45) is 2.13. The first-order chi connectivity index (χ1) is 18.7. The van der Waals surface area contributed by atoms with Gasteiger partial charge in [0, 0.05) is 41.9 Å². The Morgan fingerprint density at radius 1 is 0.949 bits per heavy atom. The van der Waals surface area contributed by atoms with E-state index in [1.165, 1.54) is 16.7 Å². The minimum Gasteiger partial charge on any atom is -0.352 e. The third-order valence-corrected chi connectivity index (χ3v) is 7.72. The number of amides is 1. The zero-order valence-electron chi connectivity index (χ0n) is 23.2. The fourth-order valence-corrected chi connectivity index (χ4v) is 5.96. The largest absolute Gasteiger partial charge is 0.352 e. The molecule has 1 saturated heterocycles. The molecule has 0 aliphatic carbocycles. The van der Waals surface area contributed by atoms with Crippen LogP contribution in [0.1, 0.15) is 57.8 Å². The third-order valence-electron chi connectivity index (χ3n) is 7.37. The van der Waals surface area contributed by atoms with Crippen molar-refractivity contribution in [1.82, 2.24) is 19.8 Å². The Labute approximate surface area is 236 Å². The normalized spacial score (nSPS) is 16.8. The number of pyridine rings is 1. The maximum absolute atomic E-state index is 12.9. The maximum Gasteiger partial charge on any atom is 0.226 e. The van der Waals surface area contributed by atoms with Crippen LogP contribution in [0.2, 0.25) is 0 Å². The van der Waals surface area contributed by atoms with Crippen LogP contribution in [0.4, 0.5) is 5.69 Å². The third kappa shape index (κ3) is 5.59. The number of rotatable bonds is 7. The minimum absolute atomic E-state index is 0.0394. The Bertz CT molecular complexity index is 1490. The predicted octanol–water partition coefficient (Wildman–Crippen LogP) is 6.42. The van der Waals surface area contributed by atoms with E-state index < -0.39 is 0 Å². The van der Waals surface area contributed by atoms with Gasteiger partial charge in [-0.15, -0.1) is 0 Å². The van der Waals surface area contributed by atoms with E-state index in [0.29, 0.717) is 18.1 Å². The maximum atomic E-state index is 12.9. The number of thiocarbonyl (C=S) groups is 1. The van der Waals surface area contributed by atoms with Gasteiger partial charge in [-0.25, -0.2) is 0 Å². The average Bonchev–Trinajstić information content (AvgIpc) is 3.38. The first-order valence-electron chi connectivity index (χ1n) is 13.3. The van der Waals surface area contributed by atoms with Crippen molar-refractivity contribution >= 4 is 28.9 Å². The van der Waals surface area contributed by atoms with Gasteiger partial charge in [0.05, 0.1) is 17.8 Å². The molecule has 39 heavy (non-hydrogen) atoms. The van der Waals surface area contributed by atoms with E-state index >= 15 is 0 Å². The van der Waals surface area contributed by atoms with Gasteiger partial charge in [0.2, 0.25) is 5.91 Å². The molecule has 0 bridgehead atoms. The molecule has 7 heteroatoms. The number of carbonyl (C=O) groups is 1. The molecule has 1 aliphatic rings. The summed E-state index contributed by atoms with van der Waals surface area (Å²) in [5.41, 5.74) is 9.98. The Hall–Kier alpha value is -3.97. The average molecular weight is 538 g/mol. The van der Waals surface area contributed by atoms with Crippen LogP contribution < -0.4 is 10.6 Å². The van der Waals surface area contributed by atoms with Gasteiger partial charge in [-0.2, -0.15) is 0 Å². The Morgan fingerprint density at radius 2 is 1.67 bits per heavy atom. The molecular formula is C32H35N5OS. The van der Waals surface area contributed by atoms with E-state index in [9.17, 15) is 4.79 Å². The molecule has 6 nitrogen and oxygen atoms in total. The van der Waals surface area contributed by atoms with Crippen molar-refractivity contribution in [3.63, 3.8) is 0 Å². The van der Waals surface area contributed by atoms with E-state index in [1.807, 2.05) is 55.6 Å². The first-order valence-corrected chi connectivity index (χ1v) is 13.7. The minimum atomic E-state index is -0.132. The standard InChI is InChI=1S/C32H35N5OS/c1-20-9-11-25(12-10-20)34-29(38)13-15-36-31(30(35-32(36)39)28-8-6-7-14-33-28)27-19-23(4)37(24(27)5)26-17-21(2)16-22(3)18-26/h6-12,14,16-19,30-31H,13,15H2,1-5H3,(H,34,38)(H,35,39)/t30-,31+/m1/s1. The second-order valence-electron chi connectivity index (χ2n) is 10.5. The van der Waals surface area contributed by atoms with Crippen molar-refractivity contribution in [3.05, 3.63) is 112 Å². The Balaban J connectivity index is 1.48. The van der Waals surface area contributed by atoms with E-state index in [4.69, 9.17) is 12.2 Å². The number of hydrogen-bond donors (Lipinski definition) is 2. The number of benzene rings is 2. The van der Waals surface area contributed by atoms with Crippen molar-refractivity contribution in [1.29, 1.82) is 0 Å². The highest BCUT2D eigenvalue weighted by Crippen LogP contribution is 2.41. The fourth-order valence-electron chi connectivity index (χ4n) is 5.63. The molecule has 1 amide bonds. The van der Waals surface area contributed by atoms with Crippen molar-refractivity contribution < 1.29 is 4.79 Å². The molecule has 0 spiro atoms. The number of carbonyl (C=O) groups excluding carboxylic acids is 1. The van der Waals surface area contributed by atoms with Crippen LogP contribution in [0.3, 0.4) is 0 Å². The summed E-state index contributed by atoms with van der Waals surface area (Å²) in [5, 5.41) is 7.17. The summed E-state index contributed by atoms with van der Waals surface area (Å²) in [5.74, 6) is -0.0394. The molecule has 0 saturated carbocycles. The van der Waals surface area contributed by atoms with Crippen molar-refractivity contribution in [2.24, 2.45) is 0 Å². The summed E-state index contributed by atoms with van der Waals surface area (Å²) in [4.78, 5) is 19.7. The summed E-state index contributed by atoms with van der Waals surface area (Å²) >= 11 is 5.85. The lowest BCUT2D eigenvalue weighted by Gasteiger charge is -2.28. The van der Waals surface area contributed by atoms with Gasteiger partial charge in [-0.05, 0) is 106 Å². The highest BCUT2D eigenvalue weighted by molar-refractivity contribution is 7.80. The van der Waals surface area contributed by atoms with Crippen LogP contribution in [0.25, 0.3) is 5.69 Å². The summed E-state index contributed by atoms with van der Waals surface area (Å²) in [6.45, 7) is 11.1. The van der Waals surface area contributed by atoms with Crippen molar-refractivity contribution in [2.45, 2.75) is 53.1 Å². The van der Waals surface area contributed by atoms with Gasteiger partial charge in [-0.3, -0.25) is 9.78 Å². The van der Waals surface area contributed by atoms with Crippen LogP contribution >= 0.6 is 12.2 Å². The van der Waals surface area contributed by atoms with Gasteiger partial charge < -0.3 is 20.1 Å². The summed E-state index contributed by atoms with van der Waals surface area (Å²) in [7, 11) is 0. The molecule has 200 valence electrons. The van der Waals surface area contributed by atoms with Crippen LogP contribution in [0.5, 0.6) is 0 Å². The van der Waals surface area contributed by atoms with E-state index in [2.05, 4.69) is 77.0 Å².